The number of rotatable bonds is 6. The highest BCUT2D eigenvalue weighted by Crippen LogP contribution is 2.24. The molecule has 0 spiro atoms. The molecule has 124 valence electrons. The lowest BCUT2D eigenvalue weighted by molar-refractivity contribution is -0.384. The first kappa shape index (κ1) is 20.8. The van der Waals surface area contributed by atoms with Crippen LogP contribution in [0, 0.1) is 15.5 Å². The van der Waals surface area contributed by atoms with Gasteiger partial charge in [-0.05, 0) is 17.5 Å². The molecule has 22 heavy (non-hydrogen) atoms. The number of likely N-dealkylation sites (N-methyl/N-ethyl adjacent to an activating group) is 1. The number of nitro benzene ring substituents is 1. The summed E-state index contributed by atoms with van der Waals surface area (Å²) in [6.07, 6.45) is 0.190. The van der Waals surface area contributed by atoms with Gasteiger partial charge >= 0.3 is 0 Å². The fraction of sp³-hybridized carbons (Fsp3) is 0.500. The van der Waals surface area contributed by atoms with Gasteiger partial charge in [-0.15, -0.1) is 12.4 Å². The third-order valence-electron chi connectivity index (χ3n) is 3.23. The van der Waals surface area contributed by atoms with Gasteiger partial charge < -0.3 is 10.6 Å². The monoisotopic (exact) mass is 393 g/mol. The number of carbonyl (C=O) groups excluding carboxylic acids is 1. The average Bonchev–Trinajstić information content (AvgIpc) is 2.40. The maximum Gasteiger partial charge on any atom is 0.270 e. The molecule has 0 bridgehead atoms. The largest absolute Gasteiger partial charge is 0.345 e. The zero-order chi connectivity index (χ0) is 16.2. The zero-order valence-corrected chi connectivity index (χ0v) is 15.2. The van der Waals surface area contributed by atoms with Gasteiger partial charge in [-0.25, -0.2) is 0 Å². The van der Waals surface area contributed by atoms with E-state index in [4.69, 9.17) is 5.73 Å². The second-order valence-corrected chi connectivity index (χ2v) is 6.68. The number of hydrogen-bond donors (Lipinski definition) is 1. The van der Waals surface area contributed by atoms with Crippen LogP contribution < -0.4 is 5.73 Å². The Morgan fingerprint density at radius 3 is 2.50 bits per heavy atom. The second-order valence-electron chi connectivity index (χ2n) is 5.83. The molecule has 1 rings (SSSR count). The molecule has 2 N–H and O–H groups in total. The predicted molar refractivity (Wildman–Crippen MR) is 92.2 cm³/mol. The summed E-state index contributed by atoms with van der Waals surface area (Å²) in [6, 6.07) is 4.41. The van der Waals surface area contributed by atoms with Crippen LogP contribution in [-0.4, -0.2) is 35.9 Å². The Bertz CT molecular complexity index is 552. The van der Waals surface area contributed by atoms with Crippen molar-refractivity contribution in [1.82, 2.24) is 4.90 Å². The Morgan fingerprint density at radius 2 is 2.05 bits per heavy atom. The van der Waals surface area contributed by atoms with Crippen LogP contribution in [0.1, 0.15) is 19.4 Å². The smallest absolute Gasteiger partial charge is 0.270 e. The molecule has 0 aliphatic rings. The Morgan fingerprint density at radius 1 is 1.45 bits per heavy atom. The SMILES string of the molecule is CN(CC(C)(C)CN)C(=O)Cc1ccc([N+](=O)[O-])cc1Br.Cl. The minimum Gasteiger partial charge on any atom is -0.345 e. The molecule has 0 radical (unpaired) electrons. The number of non-ortho nitro benzene ring substituents is 1. The molecule has 1 aromatic rings. The number of hydrogen-bond acceptors (Lipinski definition) is 4. The van der Waals surface area contributed by atoms with Gasteiger partial charge in [-0.2, -0.15) is 0 Å². The maximum atomic E-state index is 12.2. The van der Waals surface area contributed by atoms with Crippen LogP contribution in [0.3, 0.4) is 0 Å². The van der Waals surface area contributed by atoms with E-state index in [2.05, 4.69) is 15.9 Å². The first-order valence-corrected chi connectivity index (χ1v) is 7.32. The van der Waals surface area contributed by atoms with Gasteiger partial charge in [-0.1, -0.05) is 35.8 Å². The van der Waals surface area contributed by atoms with Crippen LogP contribution in [0.5, 0.6) is 0 Å². The first-order chi connectivity index (χ1) is 9.66. The Balaban J connectivity index is 0.00000441. The minimum atomic E-state index is -0.466. The van der Waals surface area contributed by atoms with Gasteiger partial charge in [0.05, 0.1) is 11.3 Å². The molecule has 0 aliphatic heterocycles. The summed E-state index contributed by atoms with van der Waals surface area (Å²) >= 11 is 3.27. The number of nitrogens with zero attached hydrogens (tertiary/aromatic N) is 2. The van der Waals surface area contributed by atoms with E-state index >= 15 is 0 Å². The Kier molecular flexibility index (Phi) is 8.00. The van der Waals surface area contributed by atoms with Crippen LogP contribution >= 0.6 is 28.3 Å². The maximum absolute atomic E-state index is 12.2. The summed E-state index contributed by atoms with van der Waals surface area (Å²) < 4.78 is 0.566. The van der Waals surface area contributed by atoms with Crippen LogP contribution in [-0.2, 0) is 11.2 Å². The van der Waals surface area contributed by atoms with Crippen molar-refractivity contribution in [2.24, 2.45) is 11.1 Å². The summed E-state index contributed by atoms with van der Waals surface area (Å²) in [7, 11) is 1.74. The van der Waals surface area contributed by atoms with Crippen molar-refractivity contribution >= 4 is 39.9 Å². The summed E-state index contributed by atoms with van der Waals surface area (Å²) in [4.78, 5) is 24.1. The lowest BCUT2D eigenvalue weighted by Crippen LogP contribution is -2.40. The van der Waals surface area contributed by atoms with Gasteiger partial charge in [0.15, 0.2) is 0 Å². The topological polar surface area (TPSA) is 89.5 Å². The highest BCUT2D eigenvalue weighted by atomic mass is 79.9. The van der Waals surface area contributed by atoms with Crippen molar-refractivity contribution < 1.29 is 9.72 Å². The quantitative estimate of drug-likeness (QED) is 0.593. The van der Waals surface area contributed by atoms with Gasteiger partial charge in [0.1, 0.15) is 0 Å². The van der Waals surface area contributed by atoms with Crippen LogP contribution in [0.4, 0.5) is 5.69 Å². The lowest BCUT2D eigenvalue weighted by Gasteiger charge is -2.29. The number of amides is 1. The summed E-state index contributed by atoms with van der Waals surface area (Å²) in [5.41, 5.74) is 6.25. The van der Waals surface area contributed by atoms with E-state index in [-0.39, 0.29) is 35.8 Å². The molecule has 0 saturated heterocycles. The molecule has 0 heterocycles. The molecule has 0 fully saturated rings. The molecular formula is C14H21BrClN3O3. The Labute approximate surface area is 144 Å². The molecule has 1 aromatic carbocycles. The van der Waals surface area contributed by atoms with Crippen LogP contribution in [0.15, 0.2) is 22.7 Å². The van der Waals surface area contributed by atoms with Gasteiger partial charge in [0.2, 0.25) is 5.91 Å². The molecule has 0 aliphatic carbocycles. The number of halogens is 2. The van der Waals surface area contributed by atoms with Crippen LogP contribution in [0.25, 0.3) is 0 Å². The van der Waals surface area contributed by atoms with Gasteiger partial charge in [0.25, 0.3) is 5.69 Å². The first-order valence-electron chi connectivity index (χ1n) is 6.53. The molecule has 0 saturated carbocycles. The fourth-order valence-corrected chi connectivity index (χ4v) is 2.39. The van der Waals surface area contributed by atoms with Crippen molar-refractivity contribution in [3.8, 4) is 0 Å². The normalized spacial score (nSPS) is 10.8. The third-order valence-corrected chi connectivity index (χ3v) is 3.97. The second kappa shape index (κ2) is 8.45. The van der Waals surface area contributed by atoms with Crippen molar-refractivity contribution in [2.75, 3.05) is 20.1 Å². The number of carbonyl (C=O) groups is 1. The molecule has 6 nitrogen and oxygen atoms in total. The highest BCUT2D eigenvalue weighted by Gasteiger charge is 2.22. The Hall–Kier alpha value is -1.18. The van der Waals surface area contributed by atoms with Crippen molar-refractivity contribution in [3.05, 3.63) is 38.3 Å². The highest BCUT2D eigenvalue weighted by molar-refractivity contribution is 9.10. The standard InChI is InChI=1S/C14H20BrN3O3.ClH/c1-14(2,8-16)9-17(3)13(19)6-10-4-5-11(18(20)21)7-12(10)15;/h4-5,7H,6,8-9,16H2,1-3H3;1H. The van der Waals surface area contributed by atoms with Gasteiger partial charge in [-0.3, -0.25) is 14.9 Å². The van der Waals surface area contributed by atoms with E-state index in [1.165, 1.54) is 12.1 Å². The fourth-order valence-electron chi connectivity index (χ4n) is 1.89. The van der Waals surface area contributed by atoms with E-state index in [0.29, 0.717) is 17.6 Å². The van der Waals surface area contributed by atoms with Gasteiger partial charge in [0, 0.05) is 30.2 Å². The number of nitro groups is 1. The molecule has 0 unspecified atom stereocenters. The van der Waals surface area contributed by atoms with E-state index < -0.39 is 4.92 Å². The predicted octanol–water partition coefficient (Wildman–Crippen LogP) is 2.76. The lowest BCUT2D eigenvalue weighted by atomic mass is 9.93. The van der Waals surface area contributed by atoms with Crippen LogP contribution in [0.2, 0.25) is 0 Å². The molecule has 1 amide bonds. The van der Waals surface area contributed by atoms with Crippen molar-refractivity contribution in [2.45, 2.75) is 20.3 Å². The third kappa shape index (κ3) is 5.90. The number of nitrogens with two attached hydrogens (primary N) is 1. The molecule has 0 atom stereocenters. The molecule has 0 aromatic heterocycles. The molecule has 8 heteroatoms. The van der Waals surface area contributed by atoms with Crippen molar-refractivity contribution in [1.29, 1.82) is 0 Å². The molecular weight excluding hydrogens is 374 g/mol. The van der Waals surface area contributed by atoms with E-state index in [9.17, 15) is 14.9 Å². The zero-order valence-electron chi connectivity index (χ0n) is 12.8. The van der Waals surface area contributed by atoms with E-state index in [1.807, 2.05) is 13.8 Å². The summed E-state index contributed by atoms with van der Waals surface area (Å²) in [5, 5.41) is 10.7. The number of benzene rings is 1. The van der Waals surface area contributed by atoms with E-state index in [0.717, 1.165) is 5.56 Å². The average molecular weight is 395 g/mol. The minimum absolute atomic E-state index is 0. The van der Waals surface area contributed by atoms with Crippen molar-refractivity contribution in [3.63, 3.8) is 0 Å². The van der Waals surface area contributed by atoms with E-state index in [1.54, 1.807) is 18.0 Å². The summed E-state index contributed by atoms with van der Waals surface area (Å²) in [5.74, 6) is -0.0499. The summed E-state index contributed by atoms with van der Waals surface area (Å²) in [6.45, 7) is 5.05.